The number of carbonyl (C=O) groups excluding carboxylic acids is 2. The van der Waals surface area contributed by atoms with E-state index in [1.807, 2.05) is 20.8 Å². The number of nitrogen functional groups attached to an aromatic ring is 1. The molecule has 6 heteroatoms. The number of amides is 1. The van der Waals surface area contributed by atoms with Crippen molar-refractivity contribution in [3.05, 3.63) is 22.9 Å². The van der Waals surface area contributed by atoms with Crippen molar-refractivity contribution < 1.29 is 14.3 Å². The molecule has 2 rings (SSSR count). The quantitative estimate of drug-likeness (QED) is 0.801. The second kappa shape index (κ2) is 5.35. The van der Waals surface area contributed by atoms with Crippen LogP contribution in [0.15, 0.2) is 6.07 Å². The Morgan fingerprint density at radius 2 is 2.05 bits per heavy atom. The number of fused-ring (bicyclic) bond motifs is 1. The Morgan fingerprint density at radius 3 is 2.62 bits per heavy atom. The Hall–Kier alpha value is -2.11. The van der Waals surface area contributed by atoms with Crippen LogP contribution in [0.4, 0.5) is 10.6 Å². The summed E-state index contributed by atoms with van der Waals surface area (Å²) in [6.07, 6.45) is 0.256. The van der Waals surface area contributed by atoms with Crippen molar-refractivity contribution >= 4 is 17.7 Å². The molecule has 0 spiro atoms. The topological polar surface area (TPSA) is 85.5 Å². The average molecular weight is 291 g/mol. The summed E-state index contributed by atoms with van der Waals surface area (Å²) in [5.41, 5.74) is 7.36. The van der Waals surface area contributed by atoms with Crippen LogP contribution in [0, 0.1) is 0 Å². The maximum Gasteiger partial charge on any atom is 0.410 e. The minimum Gasteiger partial charge on any atom is -0.444 e. The number of nitrogens with two attached hydrogens (primary N) is 1. The second-order valence-electron chi connectivity index (χ2n) is 6.24. The minimum absolute atomic E-state index is 0.128. The fraction of sp³-hybridized carbons (Fsp3) is 0.533. The van der Waals surface area contributed by atoms with Crippen LogP contribution in [0.1, 0.15) is 49.3 Å². The van der Waals surface area contributed by atoms with Crippen LogP contribution in [-0.4, -0.2) is 33.9 Å². The summed E-state index contributed by atoms with van der Waals surface area (Å²) >= 11 is 0. The average Bonchev–Trinajstić information content (AvgIpc) is 2.35. The maximum atomic E-state index is 12.1. The number of pyridine rings is 1. The number of Topliss-reactive ketones (excluding diaryl/α,β-unsaturated/α-hetero) is 1. The maximum absolute atomic E-state index is 12.1. The molecule has 2 heterocycles. The van der Waals surface area contributed by atoms with Crippen LogP contribution in [0.25, 0.3) is 0 Å². The molecule has 0 bridgehead atoms. The van der Waals surface area contributed by atoms with E-state index >= 15 is 0 Å². The lowest BCUT2D eigenvalue weighted by atomic mass is 10.0. The Balaban J connectivity index is 2.22. The van der Waals surface area contributed by atoms with Gasteiger partial charge in [0.1, 0.15) is 11.4 Å². The summed E-state index contributed by atoms with van der Waals surface area (Å²) in [4.78, 5) is 29.5. The van der Waals surface area contributed by atoms with Crippen LogP contribution >= 0.6 is 0 Å². The van der Waals surface area contributed by atoms with Crippen molar-refractivity contribution in [1.29, 1.82) is 0 Å². The van der Waals surface area contributed by atoms with Crippen LogP contribution in [0.3, 0.4) is 0 Å². The van der Waals surface area contributed by atoms with E-state index in [2.05, 4.69) is 4.98 Å². The zero-order chi connectivity index (χ0) is 15.8. The standard InChI is InChI=1S/C15H21N3O3/c1-9(19)11-7-10-8-18(14(20)21-15(2,3)4)6-5-12(10)17-13(11)16/h7H,5-6,8H2,1-4H3,(H2,16,17). The van der Waals surface area contributed by atoms with Crippen LogP contribution in [0.2, 0.25) is 0 Å². The van der Waals surface area contributed by atoms with Gasteiger partial charge < -0.3 is 15.4 Å². The molecule has 0 atom stereocenters. The zero-order valence-electron chi connectivity index (χ0n) is 12.9. The Labute approximate surface area is 124 Å². The zero-order valence-corrected chi connectivity index (χ0v) is 12.9. The summed E-state index contributed by atoms with van der Waals surface area (Å²) < 4.78 is 5.37. The number of hydrogen-bond donors (Lipinski definition) is 1. The van der Waals surface area contributed by atoms with Crippen molar-refractivity contribution in [2.75, 3.05) is 12.3 Å². The van der Waals surface area contributed by atoms with Gasteiger partial charge >= 0.3 is 6.09 Å². The molecular formula is C15H21N3O3. The first kappa shape index (κ1) is 15.3. The molecule has 0 saturated carbocycles. The van der Waals surface area contributed by atoms with Gasteiger partial charge in [0.05, 0.1) is 12.1 Å². The van der Waals surface area contributed by atoms with Gasteiger partial charge in [-0.1, -0.05) is 0 Å². The molecule has 1 aromatic rings. The molecule has 0 radical (unpaired) electrons. The monoisotopic (exact) mass is 291 g/mol. The molecular weight excluding hydrogens is 270 g/mol. The van der Waals surface area contributed by atoms with Crippen LogP contribution in [0.5, 0.6) is 0 Å². The molecule has 0 aliphatic carbocycles. The number of nitrogens with zero attached hydrogens (tertiary/aromatic N) is 2. The van der Waals surface area contributed by atoms with Gasteiger partial charge in [-0.05, 0) is 39.3 Å². The van der Waals surface area contributed by atoms with Crippen LogP contribution < -0.4 is 5.73 Å². The number of rotatable bonds is 1. The summed E-state index contributed by atoms with van der Waals surface area (Å²) in [5.74, 6) is 0.129. The minimum atomic E-state index is -0.527. The van der Waals surface area contributed by atoms with E-state index in [1.54, 1.807) is 11.0 Å². The van der Waals surface area contributed by atoms with Gasteiger partial charge in [0, 0.05) is 18.7 Å². The smallest absolute Gasteiger partial charge is 0.410 e. The molecule has 1 aliphatic rings. The third-order valence-corrected chi connectivity index (χ3v) is 3.23. The highest BCUT2D eigenvalue weighted by atomic mass is 16.6. The van der Waals surface area contributed by atoms with Gasteiger partial charge in [0.2, 0.25) is 0 Å². The lowest BCUT2D eigenvalue weighted by molar-refractivity contribution is 0.0223. The molecule has 0 fully saturated rings. The fourth-order valence-electron chi connectivity index (χ4n) is 2.25. The normalized spacial score (nSPS) is 14.6. The van der Waals surface area contributed by atoms with Crippen LogP contribution in [-0.2, 0) is 17.7 Å². The third-order valence-electron chi connectivity index (χ3n) is 3.23. The van der Waals surface area contributed by atoms with E-state index in [4.69, 9.17) is 10.5 Å². The van der Waals surface area contributed by atoms with Gasteiger partial charge in [-0.3, -0.25) is 4.79 Å². The molecule has 1 aromatic heterocycles. The van der Waals surface area contributed by atoms with E-state index in [9.17, 15) is 9.59 Å². The van der Waals surface area contributed by atoms with Crippen molar-refractivity contribution in [2.45, 2.75) is 46.3 Å². The Bertz CT molecular complexity index is 591. The van der Waals surface area contributed by atoms with E-state index in [1.165, 1.54) is 6.92 Å². The predicted molar refractivity (Wildman–Crippen MR) is 79.0 cm³/mol. The molecule has 0 saturated heterocycles. The highest BCUT2D eigenvalue weighted by Gasteiger charge is 2.27. The molecule has 0 aromatic carbocycles. The molecule has 1 aliphatic heterocycles. The van der Waals surface area contributed by atoms with E-state index in [-0.39, 0.29) is 17.7 Å². The van der Waals surface area contributed by atoms with Gasteiger partial charge in [-0.15, -0.1) is 0 Å². The third kappa shape index (κ3) is 3.51. The van der Waals surface area contributed by atoms with Crippen molar-refractivity contribution in [3.8, 4) is 0 Å². The molecule has 0 unspecified atom stereocenters. The first-order valence-electron chi connectivity index (χ1n) is 6.94. The summed E-state index contributed by atoms with van der Waals surface area (Å²) in [5, 5.41) is 0. The Kier molecular flexibility index (Phi) is 3.89. The summed E-state index contributed by atoms with van der Waals surface area (Å²) in [7, 11) is 0. The van der Waals surface area contributed by atoms with Gasteiger partial charge in [0.25, 0.3) is 0 Å². The second-order valence-corrected chi connectivity index (χ2v) is 6.24. The number of ketones is 1. The number of anilines is 1. The molecule has 1 amide bonds. The van der Waals surface area contributed by atoms with Gasteiger partial charge in [-0.2, -0.15) is 0 Å². The van der Waals surface area contributed by atoms with Crippen molar-refractivity contribution in [2.24, 2.45) is 0 Å². The molecule has 6 nitrogen and oxygen atoms in total. The number of carbonyl (C=O) groups is 2. The predicted octanol–water partition coefficient (Wildman–Crippen LogP) is 2.16. The SMILES string of the molecule is CC(=O)c1cc2c(nc1N)CCN(C(=O)OC(C)(C)C)C2. The molecule has 2 N–H and O–H groups in total. The van der Waals surface area contributed by atoms with E-state index in [0.717, 1.165) is 11.3 Å². The number of hydrogen-bond acceptors (Lipinski definition) is 5. The van der Waals surface area contributed by atoms with E-state index < -0.39 is 5.60 Å². The van der Waals surface area contributed by atoms with Crippen molar-refractivity contribution in [1.82, 2.24) is 9.88 Å². The fourth-order valence-corrected chi connectivity index (χ4v) is 2.25. The first-order chi connectivity index (χ1) is 9.67. The summed E-state index contributed by atoms with van der Waals surface area (Å²) in [6, 6.07) is 1.73. The largest absolute Gasteiger partial charge is 0.444 e. The number of aromatic nitrogens is 1. The molecule has 21 heavy (non-hydrogen) atoms. The molecule has 114 valence electrons. The van der Waals surface area contributed by atoms with Crippen molar-refractivity contribution in [3.63, 3.8) is 0 Å². The Morgan fingerprint density at radius 1 is 1.38 bits per heavy atom. The lowest BCUT2D eigenvalue weighted by Crippen LogP contribution is -2.40. The highest BCUT2D eigenvalue weighted by Crippen LogP contribution is 2.23. The first-order valence-corrected chi connectivity index (χ1v) is 6.94. The van der Waals surface area contributed by atoms with Gasteiger partial charge in [-0.25, -0.2) is 9.78 Å². The van der Waals surface area contributed by atoms with Gasteiger partial charge in [0.15, 0.2) is 5.78 Å². The lowest BCUT2D eigenvalue weighted by Gasteiger charge is -2.31. The highest BCUT2D eigenvalue weighted by molar-refractivity contribution is 5.98. The summed E-state index contributed by atoms with van der Waals surface area (Å²) in [6.45, 7) is 7.87. The number of ether oxygens (including phenoxy) is 1. The van der Waals surface area contributed by atoms with E-state index in [0.29, 0.717) is 25.1 Å².